The van der Waals surface area contributed by atoms with Gasteiger partial charge in [0.05, 0.1) is 16.8 Å². The summed E-state index contributed by atoms with van der Waals surface area (Å²) in [4.78, 5) is 36.3. The standard InChI is InChI=1S/C22H18N6O2/c1-14(29)26-17-7-9-18(10-8-17)27-21(30)16-12-24-22(25-13-16)28-19-6-2-4-15-5-3-11-23-20(15)19/h2-13H,1H3,(H,26,29)(H,27,30)(H,24,25,28). The fraction of sp³-hybridized carbons (Fsp3) is 0.0455. The predicted octanol–water partition coefficient (Wildman–Crippen LogP) is 3.98. The molecule has 0 spiro atoms. The fourth-order valence-corrected chi connectivity index (χ4v) is 2.88. The number of amides is 2. The van der Waals surface area contributed by atoms with Crippen LogP contribution in [-0.2, 0) is 4.79 Å². The number of fused-ring (bicyclic) bond motifs is 1. The molecule has 148 valence electrons. The zero-order valence-corrected chi connectivity index (χ0v) is 16.1. The number of carbonyl (C=O) groups excluding carboxylic acids is 2. The summed E-state index contributed by atoms with van der Waals surface area (Å²) in [6.07, 6.45) is 4.63. The number of para-hydroxylation sites is 1. The Bertz CT molecular complexity index is 1200. The van der Waals surface area contributed by atoms with Crippen molar-refractivity contribution in [2.24, 2.45) is 0 Å². The maximum Gasteiger partial charge on any atom is 0.258 e. The van der Waals surface area contributed by atoms with Crippen LogP contribution in [0.5, 0.6) is 0 Å². The Labute approximate surface area is 172 Å². The van der Waals surface area contributed by atoms with Crippen molar-refractivity contribution in [2.75, 3.05) is 16.0 Å². The van der Waals surface area contributed by atoms with Gasteiger partial charge < -0.3 is 16.0 Å². The topological polar surface area (TPSA) is 109 Å². The molecule has 4 rings (SSSR count). The van der Waals surface area contributed by atoms with E-state index in [2.05, 4.69) is 30.9 Å². The van der Waals surface area contributed by atoms with Crippen molar-refractivity contribution >= 4 is 45.7 Å². The van der Waals surface area contributed by atoms with Crippen molar-refractivity contribution in [3.05, 3.63) is 78.8 Å². The Morgan fingerprint density at radius 2 is 1.47 bits per heavy atom. The minimum atomic E-state index is -0.333. The summed E-state index contributed by atoms with van der Waals surface area (Å²) in [5, 5.41) is 9.58. The van der Waals surface area contributed by atoms with Crippen LogP contribution in [0.15, 0.2) is 73.2 Å². The van der Waals surface area contributed by atoms with Crippen molar-refractivity contribution in [1.82, 2.24) is 15.0 Å². The molecule has 0 bridgehead atoms. The minimum Gasteiger partial charge on any atom is -0.326 e. The molecule has 8 heteroatoms. The van der Waals surface area contributed by atoms with E-state index < -0.39 is 0 Å². The highest BCUT2D eigenvalue weighted by molar-refractivity contribution is 6.04. The summed E-state index contributed by atoms with van der Waals surface area (Å²) in [5.41, 5.74) is 3.17. The third-order valence-electron chi connectivity index (χ3n) is 4.26. The van der Waals surface area contributed by atoms with Crippen LogP contribution in [0.3, 0.4) is 0 Å². The normalized spacial score (nSPS) is 10.4. The van der Waals surface area contributed by atoms with E-state index in [9.17, 15) is 9.59 Å². The average Bonchev–Trinajstić information content (AvgIpc) is 2.75. The molecule has 0 atom stereocenters. The number of hydrogen-bond donors (Lipinski definition) is 3. The van der Waals surface area contributed by atoms with Crippen LogP contribution in [-0.4, -0.2) is 26.8 Å². The number of carbonyl (C=O) groups is 2. The second kappa shape index (κ2) is 8.36. The Hall–Kier alpha value is -4.33. The van der Waals surface area contributed by atoms with Gasteiger partial charge in [-0.25, -0.2) is 9.97 Å². The van der Waals surface area contributed by atoms with E-state index in [-0.39, 0.29) is 11.8 Å². The van der Waals surface area contributed by atoms with E-state index in [1.807, 2.05) is 30.3 Å². The lowest BCUT2D eigenvalue weighted by Crippen LogP contribution is -2.13. The van der Waals surface area contributed by atoms with Crippen molar-refractivity contribution in [1.29, 1.82) is 0 Å². The van der Waals surface area contributed by atoms with Crippen LogP contribution in [0, 0.1) is 0 Å². The molecule has 0 aliphatic heterocycles. The van der Waals surface area contributed by atoms with E-state index in [0.717, 1.165) is 16.6 Å². The highest BCUT2D eigenvalue weighted by Gasteiger charge is 2.09. The van der Waals surface area contributed by atoms with Gasteiger partial charge >= 0.3 is 0 Å². The lowest BCUT2D eigenvalue weighted by molar-refractivity contribution is -0.114. The first-order valence-corrected chi connectivity index (χ1v) is 9.20. The van der Waals surface area contributed by atoms with Crippen LogP contribution >= 0.6 is 0 Å². The second-order valence-electron chi connectivity index (χ2n) is 6.51. The first-order chi connectivity index (χ1) is 14.6. The van der Waals surface area contributed by atoms with Crippen LogP contribution in [0.1, 0.15) is 17.3 Å². The number of nitrogens with one attached hydrogen (secondary N) is 3. The molecule has 0 aliphatic rings. The number of rotatable bonds is 5. The Morgan fingerprint density at radius 3 is 2.17 bits per heavy atom. The molecule has 0 unspecified atom stereocenters. The maximum absolute atomic E-state index is 12.4. The molecule has 3 N–H and O–H groups in total. The second-order valence-corrected chi connectivity index (χ2v) is 6.51. The van der Waals surface area contributed by atoms with Gasteiger partial charge in [-0.3, -0.25) is 14.6 Å². The molecule has 2 amide bonds. The Balaban J connectivity index is 1.44. The molecule has 2 aromatic heterocycles. The van der Waals surface area contributed by atoms with Gasteiger partial charge in [-0.2, -0.15) is 0 Å². The zero-order chi connectivity index (χ0) is 20.9. The quantitative estimate of drug-likeness (QED) is 0.469. The molecular weight excluding hydrogens is 380 g/mol. The molecule has 8 nitrogen and oxygen atoms in total. The largest absolute Gasteiger partial charge is 0.326 e. The monoisotopic (exact) mass is 398 g/mol. The number of aromatic nitrogens is 3. The third-order valence-corrected chi connectivity index (χ3v) is 4.26. The number of benzene rings is 2. The number of hydrogen-bond acceptors (Lipinski definition) is 6. The third kappa shape index (κ3) is 4.39. The van der Waals surface area contributed by atoms with E-state index in [1.165, 1.54) is 19.3 Å². The first-order valence-electron chi connectivity index (χ1n) is 9.20. The van der Waals surface area contributed by atoms with E-state index in [0.29, 0.717) is 22.9 Å². The summed E-state index contributed by atoms with van der Waals surface area (Å²) >= 11 is 0. The van der Waals surface area contributed by atoms with E-state index >= 15 is 0 Å². The van der Waals surface area contributed by atoms with Crippen LogP contribution in [0.25, 0.3) is 10.9 Å². The zero-order valence-electron chi connectivity index (χ0n) is 16.1. The molecule has 2 aromatic carbocycles. The fourth-order valence-electron chi connectivity index (χ4n) is 2.88. The summed E-state index contributed by atoms with van der Waals surface area (Å²) in [6, 6.07) is 16.5. The summed E-state index contributed by atoms with van der Waals surface area (Å²) < 4.78 is 0. The van der Waals surface area contributed by atoms with Crippen LogP contribution in [0.2, 0.25) is 0 Å². The van der Waals surface area contributed by atoms with Gasteiger partial charge in [0.2, 0.25) is 11.9 Å². The first kappa shape index (κ1) is 19.0. The highest BCUT2D eigenvalue weighted by Crippen LogP contribution is 2.23. The van der Waals surface area contributed by atoms with Gasteiger partial charge in [0.15, 0.2) is 0 Å². The molecule has 2 heterocycles. The van der Waals surface area contributed by atoms with Crippen LogP contribution < -0.4 is 16.0 Å². The van der Waals surface area contributed by atoms with Crippen molar-refractivity contribution in [2.45, 2.75) is 6.92 Å². The highest BCUT2D eigenvalue weighted by atomic mass is 16.2. The Morgan fingerprint density at radius 1 is 0.800 bits per heavy atom. The van der Waals surface area contributed by atoms with Gasteiger partial charge in [-0.1, -0.05) is 18.2 Å². The molecule has 0 fully saturated rings. The molecular formula is C22H18N6O2. The van der Waals surface area contributed by atoms with Crippen molar-refractivity contribution in [3.8, 4) is 0 Å². The molecule has 0 saturated heterocycles. The SMILES string of the molecule is CC(=O)Nc1ccc(NC(=O)c2cnc(Nc3cccc4cccnc34)nc2)cc1. The van der Waals surface area contributed by atoms with Crippen molar-refractivity contribution < 1.29 is 9.59 Å². The molecule has 4 aromatic rings. The minimum absolute atomic E-state index is 0.156. The Kier molecular flexibility index (Phi) is 5.29. The van der Waals surface area contributed by atoms with Gasteiger partial charge in [0.1, 0.15) is 0 Å². The number of anilines is 4. The summed E-state index contributed by atoms with van der Waals surface area (Å²) in [6.45, 7) is 1.44. The number of pyridine rings is 1. The van der Waals surface area contributed by atoms with Gasteiger partial charge in [-0.05, 0) is 36.4 Å². The lowest BCUT2D eigenvalue weighted by Gasteiger charge is -2.09. The van der Waals surface area contributed by atoms with Gasteiger partial charge in [0, 0.05) is 42.3 Å². The number of nitrogens with zero attached hydrogens (tertiary/aromatic N) is 3. The van der Waals surface area contributed by atoms with Crippen molar-refractivity contribution in [3.63, 3.8) is 0 Å². The average molecular weight is 398 g/mol. The van der Waals surface area contributed by atoms with E-state index in [4.69, 9.17) is 0 Å². The van der Waals surface area contributed by atoms with E-state index in [1.54, 1.807) is 30.5 Å². The molecule has 0 radical (unpaired) electrons. The van der Waals surface area contributed by atoms with Gasteiger partial charge in [-0.15, -0.1) is 0 Å². The summed E-state index contributed by atoms with van der Waals surface area (Å²) in [5.74, 6) is -0.123. The van der Waals surface area contributed by atoms with Crippen LogP contribution in [0.4, 0.5) is 23.0 Å². The lowest BCUT2D eigenvalue weighted by atomic mass is 10.2. The maximum atomic E-state index is 12.4. The summed E-state index contributed by atoms with van der Waals surface area (Å²) in [7, 11) is 0. The van der Waals surface area contributed by atoms with Gasteiger partial charge in [0.25, 0.3) is 5.91 Å². The predicted molar refractivity (Wildman–Crippen MR) is 116 cm³/mol. The smallest absolute Gasteiger partial charge is 0.258 e. The molecule has 0 saturated carbocycles. The molecule has 30 heavy (non-hydrogen) atoms. The molecule has 0 aliphatic carbocycles.